The molecule has 0 radical (unpaired) electrons. The van der Waals surface area contributed by atoms with Crippen molar-refractivity contribution in [3.8, 4) is 0 Å². The lowest BCUT2D eigenvalue weighted by atomic mass is 10.2. The summed E-state index contributed by atoms with van der Waals surface area (Å²) in [4.78, 5) is 16.9. The van der Waals surface area contributed by atoms with Gasteiger partial charge in [0, 0.05) is 6.26 Å². The first-order valence-electron chi connectivity index (χ1n) is 7.67. The Balaban J connectivity index is 1.61. The van der Waals surface area contributed by atoms with Crippen LogP contribution in [0.5, 0.6) is 0 Å². The summed E-state index contributed by atoms with van der Waals surface area (Å²) in [6.07, 6.45) is 4.02. The maximum Gasteiger partial charge on any atom is 0.277 e. The SMILES string of the molecule is CS(=O)(=O)c1ccc2nc(NC(=O)c3cc4c(nn3)CCC4)sc2c1. The van der Waals surface area contributed by atoms with E-state index in [1.165, 1.54) is 17.4 Å². The number of sulfone groups is 1. The van der Waals surface area contributed by atoms with Crippen LogP contribution in [-0.2, 0) is 22.7 Å². The summed E-state index contributed by atoms with van der Waals surface area (Å²) < 4.78 is 24.0. The molecule has 4 rings (SSSR count). The largest absolute Gasteiger partial charge is 0.296 e. The molecule has 0 fully saturated rings. The van der Waals surface area contributed by atoms with Crippen molar-refractivity contribution in [1.82, 2.24) is 15.2 Å². The number of thiazole rings is 1. The molecule has 25 heavy (non-hydrogen) atoms. The predicted molar refractivity (Wildman–Crippen MR) is 94.7 cm³/mol. The van der Waals surface area contributed by atoms with E-state index in [2.05, 4.69) is 20.5 Å². The number of hydrogen-bond acceptors (Lipinski definition) is 7. The zero-order chi connectivity index (χ0) is 17.6. The lowest BCUT2D eigenvalue weighted by Gasteiger charge is -2.02. The molecule has 3 aromatic rings. The van der Waals surface area contributed by atoms with E-state index < -0.39 is 9.84 Å². The Morgan fingerprint density at radius 1 is 1.20 bits per heavy atom. The average molecular weight is 374 g/mol. The number of carbonyl (C=O) groups excluding carboxylic acids is 1. The summed E-state index contributed by atoms with van der Waals surface area (Å²) in [6.45, 7) is 0. The van der Waals surface area contributed by atoms with Gasteiger partial charge in [0.2, 0.25) is 0 Å². The number of fused-ring (bicyclic) bond motifs is 2. The molecule has 0 unspecified atom stereocenters. The van der Waals surface area contributed by atoms with Crippen LogP contribution >= 0.6 is 11.3 Å². The molecule has 1 aromatic carbocycles. The van der Waals surface area contributed by atoms with E-state index >= 15 is 0 Å². The Kier molecular flexibility index (Phi) is 3.77. The van der Waals surface area contributed by atoms with Gasteiger partial charge in [-0.25, -0.2) is 13.4 Å². The van der Waals surface area contributed by atoms with Crippen molar-refractivity contribution in [3.63, 3.8) is 0 Å². The Hall–Kier alpha value is -2.39. The van der Waals surface area contributed by atoms with Crippen LogP contribution in [0.25, 0.3) is 10.2 Å². The van der Waals surface area contributed by atoms with Crippen LogP contribution in [0.4, 0.5) is 5.13 Å². The normalized spacial score (nSPS) is 13.8. The number of benzene rings is 1. The van der Waals surface area contributed by atoms with E-state index in [-0.39, 0.29) is 16.5 Å². The van der Waals surface area contributed by atoms with Crippen molar-refractivity contribution < 1.29 is 13.2 Å². The number of aryl methyl sites for hydroxylation is 2. The smallest absolute Gasteiger partial charge is 0.277 e. The number of aromatic nitrogens is 3. The van der Waals surface area contributed by atoms with Crippen LogP contribution in [0.3, 0.4) is 0 Å². The summed E-state index contributed by atoms with van der Waals surface area (Å²) >= 11 is 1.22. The molecule has 2 heterocycles. The molecule has 0 aliphatic heterocycles. The molecule has 1 N–H and O–H groups in total. The highest BCUT2D eigenvalue weighted by Gasteiger charge is 2.18. The van der Waals surface area contributed by atoms with Gasteiger partial charge in [-0.2, -0.15) is 5.10 Å². The minimum Gasteiger partial charge on any atom is -0.296 e. The van der Waals surface area contributed by atoms with Crippen LogP contribution in [0, 0.1) is 0 Å². The third kappa shape index (κ3) is 3.12. The summed E-state index contributed by atoms with van der Waals surface area (Å²) in [5.41, 5.74) is 2.93. The maximum atomic E-state index is 12.4. The fourth-order valence-corrected chi connectivity index (χ4v) is 4.41. The Morgan fingerprint density at radius 2 is 2.04 bits per heavy atom. The van der Waals surface area contributed by atoms with E-state index in [1.54, 1.807) is 18.2 Å². The van der Waals surface area contributed by atoms with Gasteiger partial charge in [0.05, 0.1) is 20.8 Å². The second-order valence-electron chi connectivity index (χ2n) is 5.93. The number of amides is 1. The van der Waals surface area contributed by atoms with Crippen LogP contribution in [0.15, 0.2) is 29.2 Å². The van der Waals surface area contributed by atoms with Crippen LogP contribution in [0.1, 0.15) is 28.2 Å². The van der Waals surface area contributed by atoms with Crippen molar-refractivity contribution in [1.29, 1.82) is 0 Å². The molecule has 0 saturated carbocycles. The molecule has 7 nitrogen and oxygen atoms in total. The summed E-state index contributed by atoms with van der Waals surface area (Å²) in [5.74, 6) is -0.371. The average Bonchev–Trinajstić information content (AvgIpc) is 3.18. The molecule has 1 aliphatic carbocycles. The monoisotopic (exact) mass is 374 g/mol. The Labute approximate surface area is 148 Å². The number of nitrogens with zero attached hydrogens (tertiary/aromatic N) is 3. The number of hydrogen-bond donors (Lipinski definition) is 1. The van der Waals surface area contributed by atoms with Gasteiger partial charge in [0.1, 0.15) is 0 Å². The van der Waals surface area contributed by atoms with Crippen molar-refractivity contribution in [3.05, 3.63) is 41.2 Å². The van der Waals surface area contributed by atoms with Gasteiger partial charge in [-0.1, -0.05) is 11.3 Å². The van der Waals surface area contributed by atoms with E-state index in [4.69, 9.17) is 0 Å². The summed E-state index contributed by atoms with van der Waals surface area (Å²) in [5, 5.41) is 11.2. The highest BCUT2D eigenvalue weighted by molar-refractivity contribution is 7.90. The third-order valence-corrected chi connectivity index (χ3v) is 6.10. The topological polar surface area (TPSA) is 102 Å². The number of nitrogens with one attached hydrogen (secondary N) is 1. The number of carbonyl (C=O) groups is 1. The Bertz CT molecular complexity index is 1110. The van der Waals surface area contributed by atoms with Crippen molar-refractivity contribution in [2.24, 2.45) is 0 Å². The fraction of sp³-hybridized carbons (Fsp3) is 0.250. The first-order chi connectivity index (χ1) is 11.9. The highest BCUT2D eigenvalue weighted by Crippen LogP contribution is 2.28. The van der Waals surface area contributed by atoms with Crippen molar-refractivity contribution >= 4 is 42.4 Å². The molecule has 9 heteroatoms. The second-order valence-corrected chi connectivity index (χ2v) is 8.98. The lowest BCUT2D eigenvalue weighted by molar-refractivity contribution is 0.102. The quantitative estimate of drug-likeness (QED) is 0.754. The van der Waals surface area contributed by atoms with Gasteiger partial charge in [-0.15, -0.1) is 5.10 Å². The molecular formula is C16H14N4O3S2. The number of rotatable bonds is 3. The molecule has 128 valence electrons. The maximum absolute atomic E-state index is 12.4. The molecular weight excluding hydrogens is 360 g/mol. The Morgan fingerprint density at radius 3 is 2.84 bits per heavy atom. The van der Waals surface area contributed by atoms with Crippen LogP contribution in [0.2, 0.25) is 0 Å². The van der Waals surface area contributed by atoms with Gasteiger partial charge < -0.3 is 0 Å². The molecule has 0 bridgehead atoms. The van der Waals surface area contributed by atoms with Crippen molar-refractivity contribution in [2.45, 2.75) is 24.2 Å². The zero-order valence-electron chi connectivity index (χ0n) is 13.3. The van der Waals surface area contributed by atoms with E-state index in [9.17, 15) is 13.2 Å². The van der Waals surface area contributed by atoms with Gasteiger partial charge in [0.15, 0.2) is 20.7 Å². The molecule has 0 saturated heterocycles. The van der Waals surface area contributed by atoms with E-state index in [1.807, 2.05) is 0 Å². The summed E-state index contributed by atoms with van der Waals surface area (Å²) in [6, 6.07) is 6.48. The molecule has 0 spiro atoms. The van der Waals surface area contributed by atoms with E-state index in [0.717, 1.165) is 36.8 Å². The van der Waals surface area contributed by atoms with Crippen LogP contribution < -0.4 is 5.32 Å². The first kappa shape index (κ1) is 16.1. The lowest BCUT2D eigenvalue weighted by Crippen LogP contribution is -2.15. The third-order valence-electron chi connectivity index (χ3n) is 4.06. The second kappa shape index (κ2) is 5.85. The van der Waals surface area contributed by atoms with Gasteiger partial charge in [-0.05, 0) is 49.1 Å². The molecule has 0 atom stereocenters. The minimum atomic E-state index is -3.28. The standard InChI is InChI=1S/C16H14N4O3S2/c1-25(22,23)10-5-6-12-14(8-10)24-16(17-12)18-15(21)13-7-9-3-2-4-11(9)19-20-13/h5-8H,2-4H2,1H3,(H,17,18,21). The fourth-order valence-electron chi connectivity index (χ4n) is 2.79. The first-order valence-corrected chi connectivity index (χ1v) is 10.4. The van der Waals surface area contributed by atoms with Crippen LogP contribution in [-0.4, -0.2) is 35.8 Å². The zero-order valence-corrected chi connectivity index (χ0v) is 14.9. The van der Waals surface area contributed by atoms with Gasteiger partial charge in [0.25, 0.3) is 5.91 Å². The van der Waals surface area contributed by atoms with Gasteiger partial charge in [-0.3, -0.25) is 10.1 Å². The molecule has 1 amide bonds. The van der Waals surface area contributed by atoms with E-state index in [0.29, 0.717) is 15.3 Å². The van der Waals surface area contributed by atoms with Gasteiger partial charge >= 0.3 is 0 Å². The predicted octanol–water partition coefficient (Wildman–Crippen LogP) is 2.23. The minimum absolute atomic E-state index is 0.228. The van der Waals surface area contributed by atoms with Crippen molar-refractivity contribution in [2.75, 3.05) is 11.6 Å². The highest BCUT2D eigenvalue weighted by atomic mass is 32.2. The molecule has 2 aromatic heterocycles. The number of anilines is 1. The molecule has 1 aliphatic rings. The summed E-state index contributed by atoms with van der Waals surface area (Å²) in [7, 11) is -3.28.